The Hall–Kier alpha value is -2.30. The third-order valence-electron chi connectivity index (χ3n) is 2.95. The van der Waals surface area contributed by atoms with Crippen LogP contribution in [0.2, 0.25) is 0 Å². The van der Waals surface area contributed by atoms with Gasteiger partial charge in [0.25, 0.3) is 0 Å². The molecule has 0 saturated carbocycles. The van der Waals surface area contributed by atoms with Gasteiger partial charge in [-0.1, -0.05) is 30.3 Å². The van der Waals surface area contributed by atoms with Gasteiger partial charge in [-0.15, -0.1) is 0 Å². The molecule has 0 unspecified atom stereocenters. The number of amides is 1. The molecule has 0 atom stereocenters. The van der Waals surface area contributed by atoms with Crippen LogP contribution in [0.25, 0.3) is 0 Å². The molecule has 5 heteroatoms. The highest BCUT2D eigenvalue weighted by molar-refractivity contribution is 5.99. The summed E-state index contributed by atoms with van der Waals surface area (Å²) < 4.78 is 0. The van der Waals surface area contributed by atoms with Gasteiger partial charge in [0, 0.05) is 6.54 Å². The smallest absolute Gasteiger partial charge is 0.335 e. The zero-order valence-corrected chi connectivity index (χ0v) is 9.80. The summed E-state index contributed by atoms with van der Waals surface area (Å²) in [5.41, 5.74) is 6.76. The second-order valence-electron chi connectivity index (χ2n) is 4.13. The number of hydrogen-bond acceptors (Lipinski definition) is 3. The molecule has 0 radical (unpaired) electrons. The summed E-state index contributed by atoms with van der Waals surface area (Å²) in [7, 11) is 0. The van der Waals surface area contributed by atoms with Crippen molar-refractivity contribution in [1.29, 1.82) is 0 Å². The number of aliphatic carboxylic acids is 1. The van der Waals surface area contributed by atoms with Crippen molar-refractivity contribution < 1.29 is 14.7 Å². The zero-order valence-electron chi connectivity index (χ0n) is 9.80. The number of nitrogens with zero attached hydrogens (tertiary/aromatic N) is 1. The maximum absolute atomic E-state index is 11.7. The second kappa shape index (κ2) is 4.91. The minimum atomic E-state index is -1.12. The highest BCUT2D eigenvalue weighted by Gasteiger charge is 2.31. The van der Waals surface area contributed by atoms with Gasteiger partial charge in [0.15, 0.2) is 0 Å². The van der Waals surface area contributed by atoms with Gasteiger partial charge in [0.05, 0.1) is 12.0 Å². The average Bonchev–Trinajstić information content (AvgIpc) is 2.64. The maximum atomic E-state index is 11.7. The average molecular weight is 246 g/mol. The number of carbonyl (C=O) groups excluding carboxylic acids is 1. The Morgan fingerprint density at radius 2 is 2.00 bits per heavy atom. The second-order valence-corrected chi connectivity index (χ2v) is 4.13. The summed E-state index contributed by atoms with van der Waals surface area (Å²) in [4.78, 5) is 23.9. The first kappa shape index (κ1) is 12.2. The van der Waals surface area contributed by atoms with Crippen molar-refractivity contribution in [2.75, 3.05) is 6.54 Å². The molecule has 18 heavy (non-hydrogen) atoms. The lowest BCUT2D eigenvalue weighted by atomic mass is 10.1. The van der Waals surface area contributed by atoms with Gasteiger partial charge in [-0.05, 0) is 12.0 Å². The third-order valence-corrected chi connectivity index (χ3v) is 2.95. The molecule has 1 aromatic carbocycles. The highest BCUT2D eigenvalue weighted by atomic mass is 16.4. The molecular formula is C13H14N2O3. The molecule has 0 saturated heterocycles. The molecule has 1 heterocycles. The zero-order chi connectivity index (χ0) is 13.1. The fourth-order valence-electron chi connectivity index (χ4n) is 1.95. The van der Waals surface area contributed by atoms with Crippen LogP contribution in [0.4, 0.5) is 0 Å². The van der Waals surface area contributed by atoms with E-state index in [1.54, 1.807) is 0 Å². The highest BCUT2D eigenvalue weighted by Crippen LogP contribution is 2.21. The van der Waals surface area contributed by atoms with Crippen LogP contribution in [0.5, 0.6) is 0 Å². The molecule has 1 aliphatic heterocycles. The summed E-state index contributed by atoms with van der Waals surface area (Å²) in [6.07, 6.45) is 0.538. The summed E-state index contributed by atoms with van der Waals surface area (Å²) in [6.45, 7) is 0.408. The van der Waals surface area contributed by atoms with Crippen LogP contribution in [0, 0.1) is 0 Å². The quantitative estimate of drug-likeness (QED) is 0.819. The Bertz CT molecular complexity index is 508. The molecule has 1 aliphatic rings. The van der Waals surface area contributed by atoms with E-state index in [1.165, 1.54) is 4.90 Å². The van der Waals surface area contributed by atoms with Gasteiger partial charge >= 0.3 is 5.97 Å². The monoisotopic (exact) mass is 246 g/mol. The maximum Gasteiger partial charge on any atom is 0.335 e. The van der Waals surface area contributed by atoms with Gasteiger partial charge in [-0.3, -0.25) is 9.69 Å². The molecule has 0 aliphatic carbocycles. The Labute approximate surface area is 105 Å². The molecule has 5 nitrogen and oxygen atoms in total. The Balaban J connectivity index is 2.06. The Morgan fingerprint density at radius 3 is 2.56 bits per heavy atom. The normalized spacial score (nSPS) is 15.3. The lowest BCUT2D eigenvalue weighted by Gasteiger charge is -2.17. The van der Waals surface area contributed by atoms with Gasteiger partial charge in [0.1, 0.15) is 5.82 Å². The van der Waals surface area contributed by atoms with Crippen LogP contribution in [-0.4, -0.2) is 28.4 Å². The van der Waals surface area contributed by atoms with Crippen LogP contribution in [0.15, 0.2) is 41.7 Å². The number of benzene rings is 1. The number of hydrogen-bond donors (Lipinski definition) is 2. The molecule has 0 bridgehead atoms. The lowest BCUT2D eigenvalue weighted by Crippen LogP contribution is -2.31. The third kappa shape index (κ3) is 2.34. The summed E-state index contributed by atoms with van der Waals surface area (Å²) >= 11 is 0. The van der Waals surface area contributed by atoms with Crippen LogP contribution < -0.4 is 5.73 Å². The van der Waals surface area contributed by atoms with Crippen LogP contribution in [0.3, 0.4) is 0 Å². The number of carbonyl (C=O) groups is 2. The van der Waals surface area contributed by atoms with E-state index < -0.39 is 5.97 Å². The fraction of sp³-hybridized carbons (Fsp3) is 0.231. The van der Waals surface area contributed by atoms with Crippen molar-refractivity contribution in [2.24, 2.45) is 5.73 Å². The minimum absolute atomic E-state index is 0.00642. The SMILES string of the molecule is NC1=C(C(=O)O)CC(=O)N1CCc1ccccc1. The summed E-state index contributed by atoms with van der Waals surface area (Å²) in [5, 5.41) is 8.89. The topological polar surface area (TPSA) is 83.6 Å². The fourth-order valence-corrected chi connectivity index (χ4v) is 1.95. The molecule has 3 N–H and O–H groups in total. The molecule has 94 valence electrons. The van der Waals surface area contributed by atoms with Crippen LogP contribution in [-0.2, 0) is 16.0 Å². The standard InChI is InChI=1S/C13H14N2O3/c14-12-10(13(17)18)8-11(16)15(12)7-6-9-4-2-1-3-5-9/h1-5H,6-8,14H2,(H,17,18). The number of carboxylic acid groups (broad SMARTS) is 1. The first-order valence-corrected chi connectivity index (χ1v) is 5.66. The first-order chi connectivity index (χ1) is 8.59. The van der Waals surface area contributed by atoms with E-state index in [-0.39, 0.29) is 23.7 Å². The van der Waals surface area contributed by atoms with E-state index in [4.69, 9.17) is 10.8 Å². The predicted molar refractivity (Wildman–Crippen MR) is 65.3 cm³/mol. The molecule has 0 spiro atoms. The molecule has 2 rings (SSSR count). The number of rotatable bonds is 4. The lowest BCUT2D eigenvalue weighted by molar-refractivity contribution is -0.134. The molecule has 1 amide bonds. The summed E-state index contributed by atoms with van der Waals surface area (Å²) in [6, 6.07) is 9.67. The number of carboxylic acids is 1. The van der Waals surface area contributed by atoms with Gasteiger partial charge in [0.2, 0.25) is 5.91 Å². The molecular weight excluding hydrogens is 232 g/mol. The van der Waals surface area contributed by atoms with Gasteiger partial charge in [-0.2, -0.15) is 0 Å². The van der Waals surface area contributed by atoms with E-state index in [2.05, 4.69) is 0 Å². The van der Waals surface area contributed by atoms with Gasteiger partial charge in [-0.25, -0.2) is 4.79 Å². The van der Waals surface area contributed by atoms with Crippen molar-refractivity contribution in [1.82, 2.24) is 4.90 Å². The van der Waals surface area contributed by atoms with Crippen LogP contribution in [0.1, 0.15) is 12.0 Å². The van der Waals surface area contributed by atoms with Gasteiger partial charge < -0.3 is 10.8 Å². The molecule has 0 fully saturated rings. The van der Waals surface area contributed by atoms with Crippen LogP contribution >= 0.6 is 0 Å². The summed E-state index contributed by atoms with van der Waals surface area (Å²) in [5.74, 6) is -1.30. The van der Waals surface area contributed by atoms with E-state index in [0.717, 1.165) is 5.56 Å². The van der Waals surface area contributed by atoms with Crippen molar-refractivity contribution in [3.05, 3.63) is 47.3 Å². The van der Waals surface area contributed by atoms with E-state index in [1.807, 2.05) is 30.3 Å². The first-order valence-electron chi connectivity index (χ1n) is 5.66. The van der Waals surface area contributed by atoms with Crippen molar-refractivity contribution in [2.45, 2.75) is 12.8 Å². The minimum Gasteiger partial charge on any atom is -0.478 e. The molecule has 1 aromatic rings. The van der Waals surface area contributed by atoms with Crippen molar-refractivity contribution in [3.8, 4) is 0 Å². The Morgan fingerprint density at radius 1 is 1.33 bits per heavy atom. The van der Waals surface area contributed by atoms with Crippen molar-refractivity contribution >= 4 is 11.9 Å². The molecule has 0 aromatic heterocycles. The van der Waals surface area contributed by atoms with E-state index in [9.17, 15) is 9.59 Å². The van der Waals surface area contributed by atoms with E-state index >= 15 is 0 Å². The largest absolute Gasteiger partial charge is 0.478 e. The van der Waals surface area contributed by atoms with Crippen molar-refractivity contribution in [3.63, 3.8) is 0 Å². The predicted octanol–water partition coefficient (Wildman–Crippen LogP) is 0.716. The Kier molecular flexibility index (Phi) is 3.32. The number of nitrogens with two attached hydrogens (primary N) is 1. The van der Waals surface area contributed by atoms with E-state index in [0.29, 0.717) is 13.0 Å².